The molecule has 2 N–H and O–H groups in total. The van der Waals surface area contributed by atoms with Gasteiger partial charge in [-0.05, 0) is 12.5 Å². The number of benzene rings is 1. The van der Waals surface area contributed by atoms with Gasteiger partial charge in [0.25, 0.3) is 5.56 Å². The molecule has 0 spiro atoms. The summed E-state index contributed by atoms with van der Waals surface area (Å²) in [5.74, 6) is 0. The monoisotopic (exact) mass is 332 g/mol. The van der Waals surface area contributed by atoms with Gasteiger partial charge in [0.1, 0.15) is 12.3 Å². The standard InChI is InChI=1S/C17H20N2O5/c1-11-8-18(15-7-13(21)14(10-20)24-15)17(23)19(16(11)22)9-12-5-3-2-4-6-12/h2-6,8,13-15,20-21H,7,9-10H2,1H3/t13-,14+,15+/m1/s1. The largest absolute Gasteiger partial charge is 0.394 e. The number of hydrogen-bond acceptors (Lipinski definition) is 5. The molecule has 0 unspecified atom stereocenters. The lowest BCUT2D eigenvalue weighted by Gasteiger charge is -2.17. The van der Waals surface area contributed by atoms with E-state index in [0.717, 1.165) is 10.1 Å². The first-order chi connectivity index (χ1) is 11.5. The lowest BCUT2D eigenvalue weighted by atomic mass is 10.2. The van der Waals surface area contributed by atoms with E-state index in [1.165, 1.54) is 10.8 Å². The van der Waals surface area contributed by atoms with Crippen molar-refractivity contribution in [3.8, 4) is 0 Å². The summed E-state index contributed by atoms with van der Waals surface area (Å²) in [5.41, 5.74) is 0.410. The van der Waals surface area contributed by atoms with Gasteiger partial charge >= 0.3 is 5.69 Å². The summed E-state index contributed by atoms with van der Waals surface area (Å²) in [5, 5.41) is 19.1. The second kappa shape index (κ2) is 6.72. The minimum atomic E-state index is -0.846. The van der Waals surface area contributed by atoms with E-state index in [1.54, 1.807) is 6.92 Å². The average molecular weight is 332 g/mol. The van der Waals surface area contributed by atoms with Crippen molar-refractivity contribution in [2.75, 3.05) is 6.61 Å². The lowest BCUT2D eigenvalue weighted by molar-refractivity contribution is -0.0463. The van der Waals surface area contributed by atoms with Crippen LogP contribution in [0.5, 0.6) is 0 Å². The number of aryl methyl sites for hydroxylation is 1. The summed E-state index contributed by atoms with van der Waals surface area (Å²) in [6.07, 6.45) is -0.637. The number of ether oxygens (including phenoxy) is 1. The average Bonchev–Trinajstić information content (AvgIpc) is 2.96. The zero-order valence-electron chi connectivity index (χ0n) is 13.3. The first-order valence-electron chi connectivity index (χ1n) is 7.82. The molecule has 1 aliphatic rings. The van der Waals surface area contributed by atoms with Gasteiger partial charge < -0.3 is 14.9 Å². The summed E-state index contributed by atoms with van der Waals surface area (Å²) >= 11 is 0. The SMILES string of the molecule is Cc1cn([C@@H]2C[C@@H](O)[C@H](CO)O2)c(=O)n(Cc2ccccc2)c1=O. The third-order valence-electron chi connectivity index (χ3n) is 4.24. The van der Waals surface area contributed by atoms with Crippen molar-refractivity contribution in [1.82, 2.24) is 9.13 Å². The van der Waals surface area contributed by atoms with E-state index < -0.39 is 24.1 Å². The van der Waals surface area contributed by atoms with Crippen molar-refractivity contribution < 1.29 is 14.9 Å². The van der Waals surface area contributed by atoms with Crippen molar-refractivity contribution in [3.63, 3.8) is 0 Å². The number of hydrogen-bond donors (Lipinski definition) is 2. The minimum Gasteiger partial charge on any atom is -0.394 e. The van der Waals surface area contributed by atoms with Gasteiger partial charge in [-0.15, -0.1) is 0 Å². The zero-order valence-corrected chi connectivity index (χ0v) is 13.3. The molecule has 7 nitrogen and oxygen atoms in total. The van der Waals surface area contributed by atoms with Crippen LogP contribution in [0.4, 0.5) is 0 Å². The lowest BCUT2D eigenvalue weighted by Crippen LogP contribution is -2.42. The van der Waals surface area contributed by atoms with Crippen LogP contribution in [-0.2, 0) is 11.3 Å². The van der Waals surface area contributed by atoms with Crippen molar-refractivity contribution in [2.45, 2.75) is 38.3 Å². The smallest absolute Gasteiger partial charge is 0.333 e. The number of aliphatic hydroxyl groups is 2. The maximum atomic E-state index is 12.7. The molecule has 1 aliphatic heterocycles. The van der Waals surface area contributed by atoms with E-state index in [0.29, 0.717) is 5.56 Å². The first kappa shape index (κ1) is 16.6. The van der Waals surface area contributed by atoms with Gasteiger partial charge in [0.15, 0.2) is 0 Å². The van der Waals surface area contributed by atoms with Crippen molar-refractivity contribution in [1.29, 1.82) is 0 Å². The summed E-state index contributed by atoms with van der Waals surface area (Å²) in [6, 6.07) is 9.24. The van der Waals surface area contributed by atoms with Crippen LogP contribution >= 0.6 is 0 Å². The van der Waals surface area contributed by atoms with Gasteiger partial charge in [-0.2, -0.15) is 0 Å². The quantitative estimate of drug-likeness (QED) is 0.822. The molecule has 0 bridgehead atoms. The highest BCUT2D eigenvalue weighted by atomic mass is 16.5. The maximum absolute atomic E-state index is 12.7. The Balaban J connectivity index is 2.01. The Morgan fingerprint density at radius 1 is 1.25 bits per heavy atom. The molecular weight excluding hydrogens is 312 g/mol. The Bertz CT molecular complexity index is 827. The summed E-state index contributed by atoms with van der Waals surface area (Å²) in [7, 11) is 0. The molecule has 0 radical (unpaired) electrons. The molecule has 0 aliphatic carbocycles. The second-order valence-electron chi connectivity index (χ2n) is 5.99. The number of rotatable bonds is 4. The van der Waals surface area contributed by atoms with E-state index in [1.807, 2.05) is 30.3 Å². The van der Waals surface area contributed by atoms with E-state index in [4.69, 9.17) is 4.74 Å². The number of aliphatic hydroxyl groups excluding tert-OH is 2. The maximum Gasteiger partial charge on any atom is 0.333 e. The summed E-state index contributed by atoms with van der Waals surface area (Å²) in [4.78, 5) is 25.1. The van der Waals surface area contributed by atoms with Crippen LogP contribution in [-0.4, -0.2) is 38.2 Å². The Hall–Kier alpha value is -2.22. The van der Waals surface area contributed by atoms with Crippen molar-refractivity contribution in [3.05, 3.63) is 68.5 Å². The third kappa shape index (κ3) is 3.06. The molecule has 3 atom stereocenters. The van der Waals surface area contributed by atoms with Gasteiger partial charge in [0, 0.05) is 18.2 Å². The van der Waals surface area contributed by atoms with Crippen LogP contribution in [0, 0.1) is 6.92 Å². The summed E-state index contributed by atoms with van der Waals surface area (Å²) < 4.78 is 8.01. The van der Waals surface area contributed by atoms with Crippen LogP contribution in [0.2, 0.25) is 0 Å². The normalized spacial score (nSPS) is 23.5. The second-order valence-corrected chi connectivity index (χ2v) is 5.99. The zero-order chi connectivity index (χ0) is 17.3. The molecule has 1 fully saturated rings. The minimum absolute atomic E-state index is 0.166. The predicted molar refractivity (Wildman–Crippen MR) is 86.9 cm³/mol. The van der Waals surface area contributed by atoms with Crippen LogP contribution in [0.25, 0.3) is 0 Å². The Labute approximate surface area is 138 Å². The third-order valence-corrected chi connectivity index (χ3v) is 4.24. The molecule has 0 saturated carbocycles. The van der Waals surface area contributed by atoms with E-state index in [9.17, 15) is 19.8 Å². The van der Waals surface area contributed by atoms with Gasteiger partial charge in [0.05, 0.1) is 19.3 Å². The Morgan fingerprint density at radius 3 is 2.58 bits per heavy atom. The highest BCUT2D eigenvalue weighted by Gasteiger charge is 2.35. The van der Waals surface area contributed by atoms with Gasteiger partial charge in [-0.25, -0.2) is 4.79 Å². The van der Waals surface area contributed by atoms with Crippen LogP contribution in [0.1, 0.15) is 23.8 Å². The summed E-state index contributed by atoms with van der Waals surface area (Å²) in [6.45, 7) is 1.47. The Morgan fingerprint density at radius 2 is 1.96 bits per heavy atom. The van der Waals surface area contributed by atoms with Crippen LogP contribution < -0.4 is 11.2 Å². The number of aromatic nitrogens is 2. The van der Waals surface area contributed by atoms with Gasteiger partial charge in [-0.1, -0.05) is 30.3 Å². The topological polar surface area (TPSA) is 93.7 Å². The van der Waals surface area contributed by atoms with E-state index >= 15 is 0 Å². The molecule has 3 rings (SSSR count). The van der Waals surface area contributed by atoms with Gasteiger partial charge in [-0.3, -0.25) is 13.9 Å². The highest BCUT2D eigenvalue weighted by Crippen LogP contribution is 2.27. The molecule has 7 heteroatoms. The molecule has 24 heavy (non-hydrogen) atoms. The highest BCUT2D eigenvalue weighted by molar-refractivity contribution is 5.16. The molecule has 1 aromatic carbocycles. The molecular formula is C17H20N2O5. The fourth-order valence-electron chi connectivity index (χ4n) is 2.92. The molecule has 0 amide bonds. The first-order valence-corrected chi connectivity index (χ1v) is 7.82. The molecule has 2 heterocycles. The molecule has 2 aromatic rings. The van der Waals surface area contributed by atoms with Crippen molar-refractivity contribution >= 4 is 0 Å². The Kier molecular flexibility index (Phi) is 4.66. The van der Waals surface area contributed by atoms with E-state index in [2.05, 4.69) is 0 Å². The van der Waals surface area contributed by atoms with E-state index in [-0.39, 0.29) is 25.1 Å². The molecule has 1 aromatic heterocycles. The van der Waals surface area contributed by atoms with Crippen LogP contribution in [0.3, 0.4) is 0 Å². The number of nitrogens with zero attached hydrogens (tertiary/aromatic N) is 2. The van der Waals surface area contributed by atoms with Crippen LogP contribution in [0.15, 0.2) is 46.1 Å². The predicted octanol–water partition coefficient (Wildman–Crippen LogP) is 0.00742. The molecule has 128 valence electrons. The fourth-order valence-corrected chi connectivity index (χ4v) is 2.92. The molecule has 1 saturated heterocycles. The fraction of sp³-hybridized carbons (Fsp3) is 0.412. The van der Waals surface area contributed by atoms with Gasteiger partial charge in [0.2, 0.25) is 0 Å². The van der Waals surface area contributed by atoms with Crippen molar-refractivity contribution in [2.24, 2.45) is 0 Å².